The SMILES string of the molecule is COc1cccc(-c2cc(C(F)(F)F)nc(S[C@@H]3CC(=O)[C@@H]4OC[C@@H]3O4)n2)c1. The van der Waals surface area contributed by atoms with Gasteiger partial charge in [-0.3, -0.25) is 4.79 Å². The van der Waals surface area contributed by atoms with Crippen LogP contribution in [0.15, 0.2) is 35.5 Å². The molecule has 0 radical (unpaired) electrons. The number of hydrogen-bond donors (Lipinski definition) is 0. The Labute approximate surface area is 162 Å². The number of nitrogens with zero attached hydrogens (tertiary/aromatic N) is 2. The molecule has 0 unspecified atom stereocenters. The smallest absolute Gasteiger partial charge is 0.433 e. The molecule has 0 aliphatic carbocycles. The number of ether oxygens (including phenoxy) is 3. The van der Waals surface area contributed by atoms with Crippen LogP contribution in [-0.4, -0.2) is 47.1 Å². The lowest BCUT2D eigenvalue weighted by Gasteiger charge is -2.25. The van der Waals surface area contributed by atoms with E-state index in [9.17, 15) is 18.0 Å². The van der Waals surface area contributed by atoms with E-state index in [1.54, 1.807) is 24.3 Å². The van der Waals surface area contributed by atoms with Gasteiger partial charge in [-0.1, -0.05) is 23.9 Å². The Morgan fingerprint density at radius 1 is 1.25 bits per heavy atom. The lowest BCUT2D eigenvalue weighted by molar-refractivity contribution is -0.151. The Hall–Kier alpha value is -2.17. The third-order valence-electron chi connectivity index (χ3n) is 4.41. The van der Waals surface area contributed by atoms with Crippen LogP contribution >= 0.6 is 11.8 Å². The van der Waals surface area contributed by atoms with E-state index in [1.165, 1.54) is 7.11 Å². The minimum absolute atomic E-state index is 0.0700. The molecule has 0 saturated carbocycles. The molecule has 4 rings (SSSR count). The van der Waals surface area contributed by atoms with Gasteiger partial charge in [-0.25, -0.2) is 9.97 Å². The summed E-state index contributed by atoms with van der Waals surface area (Å²) in [7, 11) is 1.47. The van der Waals surface area contributed by atoms with E-state index >= 15 is 0 Å². The van der Waals surface area contributed by atoms with Crippen molar-refractivity contribution in [2.24, 2.45) is 0 Å². The number of Topliss-reactive ketones (excluding diaryl/α,β-unsaturated/α-hetero) is 1. The van der Waals surface area contributed by atoms with E-state index in [2.05, 4.69) is 9.97 Å². The molecule has 3 heterocycles. The number of hydrogen-bond acceptors (Lipinski definition) is 7. The Kier molecular flexibility index (Phi) is 5.02. The van der Waals surface area contributed by atoms with Crippen LogP contribution in [0.1, 0.15) is 12.1 Å². The molecule has 10 heteroatoms. The van der Waals surface area contributed by atoms with Crippen molar-refractivity contribution in [3.8, 4) is 17.0 Å². The summed E-state index contributed by atoms with van der Waals surface area (Å²) in [4.78, 5) is 19.9. The number of aromatic nitrogens is 2. The van der Waals surface area contributed by atoms with Gasteiger partial charge in [0.25, 0.3) is 0 Å². The van der Waals surface area contributed by atoms with E-state index in [4.69, 9.17) is 14.2 Å². The topological polar surface area (TPSA) is 70.5 Å². The van der Waals surface area contributed by atoms with Gasteiger partial charge < -0.3 is 14.2 Å². The van der Waals surface area contributed by atoms with Crippen molar-refractivity contribution in [3.05, 3.63) is 36.0 Å². The van der Waals surface area contributed by atoms with Gasteiger partial charge in [-0.15, -0.1) is 0 Å². The second kappa shape index (κ2) is 7.34. The van der Waals surface area contributed by atoms with Crippen LogP contribution in [0.5, 0.6) is 5.75 Å². The van der Waals surface area contributed by atoms with Gasteiger partial charge in [0, 0.05) is 17.2 Å². The number of methoxy groups -OCH3 is 1. The summed E-state index contributed by atoms with van der Waals surface area (Å²) in [5.74, 6) is 0.269. The Balaban J connectivity index is 1.69. The first kappa shape index (κ1) is 19.2. The molecule has 0 amide bonds. The summed E-state index contributed by atoms with van der Waals surface area (Å²) in [6.07, 6.45) is -5.75. The Bertz CT molecular complexity index is 909. The van der Waals surface area contributed by atoms with Crippen molar-refractivity contribution in [1.29, 1.82) is 0 Å². The Morgan fingerprint density at radius 2 is 2.07 bits per heavy atom. The molecular formula is C18H15F3N2O4S. The van der Waals surface area contributed by atoms with Crippen molar-refractivity contribution >= 4 is 17.5 Å². The van der Waals surface area contributed by atoms with Crippen LogP contribution in [0.2, 0.25) is 0 Å². The van der Waals surface area contributed by atoms with E-state index in [0.29, 0.717) is 11.3 Å². The zero-order chi connectivity index (χ0) is 19.9. The number of ketones is 1. The number of alkyl halides is 3. The number of carbonyl (C=O) groups is 1. The first-order chi connectivity index (χ1) is 13.3. The molecule has 2 aromatic rings. The third-order valence-corrected chi connectivity index (χ3v) is 5.57. The molecule has 6 nitrogen and oxygen atoms in total. The standard InChI is InChI=1S/C18H15F3N2O4S/c1-25-10-4-2-3-9(5-10)11-6-15(18(19,20)21)23-17(22-11)28-14-7-12(24)16-26-8-13(14)27-16/h2-6,13-14,16H,7-8H2,1H3/t13-,14+,16+/m0/s1. The average Bonchev–Trinajstić information content (AvgIpc) is 3.11. The fourth-order valence-corrected chi connectivity index (χ4v) is 4.13. The van der Waals surface area contributed by atoms with Crippen molar-refractivity contribution in [2.75, 3.05) is 13.7 Å². The zero-order valence-electron chi connectivity index (χ0n) is 14.6. The van der Waals surface area contributed by atoms with Crippen molar-refractivity contribution in [3.63, 3.8) is 0 Å². The van der Waals surface area contributed by atoms with Crippen molar-refractivity contribution < 1.29 is 32.2 Å². The summed E-state index contributed by atoms with van der Waals surface area (Å²) < 4.78 is 55.9. The highest BCUT2D eigenvalue weighted by molar-refractivity contribution is 7.99. The largest absolute Gasteiger partial charge is 0.497 e. The predicted molar refractivity (Wildman–Crippen MR) is 92.9 cm³/mol. The summed E-state index contributed by atoms with van der Waals surface area (Å²) in [6.45, 7) is 0.218. The molecule has 0 spiro atoms. The number of fused-ring (bicyclic) bond motifs is 2. The first-order valence-electron chi connectivity index (χ1n) is 8.40. The van der Waals surface area contributed by atoms with E-state index < -0.39 is 23.4 Å². The molecule has 2 bridgehead atoms. The Morgan fingerprint density at radius 3 is 2.82 bits per heavy atom. The van der Waals surface area contributed by atoms with Gasteiger partial charge in [0.05, 0.1) is 25.5 Å². The molecule has 2 fully saturated rings. The van der Waals surface area contributed by atoms with E-state index in [-0.39, 0.29) is 35.8 Å². The zero-order valence-corrected chi connectivity index (χ0v) is 15.4. The number of rotatable bonds is 4. The van der Waals surface area contributed by atoms with Gasteiger partial charge in [0.15, 0.2) is 10.9 Å². The lowest BCUT2D eigenvalue weighted by Crippen LogP contribution is -2.37. The second-order valence-electron chi connectivity index (χ2n) is 6.32. The molecule has 1 aromatic heterocycles. The minimum atomic E-state index is -4.63. The maximum Gasteiger partial charge on any atom is 0.433 e. The molecule has 3 atom stereocenters. The molecule has 0 N–H and O–H groups in total. The molecule has 2 saturated heterocycles. The highest BCUT2D eigenvalue weighted by atomic mass is 32.2. The van der Waals surface area contributed by atoms with Gasteiger partial charge in [-0.05, 0) is 18.2 Å². The molecule has 2 aliphatic heterocycles. The highest BCUT2D eigenvalue weighted by Gasteiger charge is 2.44. The normalized spacial score (nSPS) is 24.4. The van der Waals surface area contributed by atoms with E-state index in [1.807, 2.05) is 0 Å². The molecule has 148 valence electrons. The fraction of sp³-hybridized carbons (Fsp3) is 0.389. The average molecular weight is 412 g/mol. The summed E-state index contributed by atoms with van der Waals surface area (Å²) >= 11 is 0.997. The molecule has 1 aromatic carbocycles. The number of benzene rings is 1. The van der Waals surface area contributed by atoms with Crippen molar-refractivity contribution in [2.45, 2.75) is 35.4 Å². The monoisotopic (exact) mass is 412 g/mol. The van der Waals surface area contributed by atoms with Crippen LogP contribution in [0.3, 0.4) is 0 Å². The molecular weight excluding hydrogens is 397 g/mol. The summed E-state index contributed by atoms with van der Waals surface area (Å²) in [5, 5.41) is -0.479. The predicted octanol–water partition coefficient (Wildman–Crippen LogP) is 3.35. The van der Waals surface area contributed by atoms with Crippen LogP contribution in [0.4, 0.5) is 13.2 Å². The number of halogens is 3. The highest BCUT2D eigenvalue weighted by Crippen LogP contribution is 2.38. The van der Waals surface area contributed by atoms with Crippen LogP contribution in [0, 0.1) is 0 Å². The van der Waals surface area contributed by atoms with Crippen molar-refractivity contribution in [1.82, 2.24) is 9.97 Å². The number of carbonyl (C=O) groups excluding carboxylic acids is 1. The van der Waals surface area contributed by atoms with Gasteiger partial charge in [0.1, 0.15) is 11.4 Å². The van der Waals surface area contributed by atoms with Gasteiger partial charge in [0.2, 0.25) is 6.29 Å². The van der Waals surface area contributed by atoms with Crippen LogP contribution < -0.4 is 4.74 Å². The van der Waals surface area contributed by atoms with Gasteiger partial charge in [-0.2, -0.15) is 13.2 Å². The second-order valence-corrected chi connectivity index (χ2v) is 7.52. The third kappa shape index (κ3) is 3.85. The maximum atomic E-state index is 13.4. The maximum absolute atomic E-state index is 13.4. The molecule has 2 aliphatic rings. The molecule has 28 heavy (non-hydrogen) atoms. The minimum Gasteiger partial charge on any atom is -0.497 e. The van der Waals surface area contributed by atoms with Crippen LogP contribution in [0.25, 0.3) is 11.3 Å². The van der Waals surface area contributed by atoms with Gasteiger partial charge >= 0.3 is 6.18 Å². The summed E-state index contributed by atoms with van der Waals surface area (Å²) in [6, 6.07) is 7.49. The van der Waals surface area contributed by atoms with E-state index in [0.717, 1.165) is 17.8 Å². The fourth-order valence-electron chi connectivity index (χ4n) is 3.02. The first-order valence-corrected chi connectivity index (χ1v) is 9.28. The quantitative estimate of drug-likeness (QED) is 0.714. The lowest BCUT2D eigenvalue weighted by atomic mass is 10.1. The van der Waals surface area contributed by atoms with Crippen LogP contribution in [-0.2, 0) is 20.4 Å². The summed E-state index contributed by atoms with van der Waals surface area (Å²) in [5.41, 5.74) is -0.465. The number of thioether (sulfide) groups is 1.